The second-order valence-corrected chi connectivity index (χ2v) is 5.24. The SMILES string of the molecule is CCC(CCN)CCC(=O)Nc1cnn(C(C)C)c1. The molecular formula is C14H26N4O. The molecular weight excluding hydrogens is 240 g/mol. The van der Waals surface area contributed by atoms with Gasteiger partial charge in [0.25, 0.3) is 0 Å². The number of rotatable bonds is 8. The van der Waals surface area contributed by atoms with E-state index in [2.05, 4.69) is 31.2 Å². The number of nitrogens with zero attached hydrogens (tertiary/aromatic N) is 2. The van der Waals surface area contributed by atoms with Crippen LogP contribution in [0.5, 0.6) is 0 Å². The summed E-state index contributed by atoms with van der Waals surface area (Å²) in [4.78, 5) is 11.8. The highest BCUT2D eigenvalue weighted by atomic mass is 16.1. The Balaban J connectivity index is 2.37. The van der Waals surface area contributed by atoms with Gasteiger partial charge in [-0.15, -0.1) is 0 Å². The van der Waals surface area contributed by atoms with Crippen LogP contribution in [-0.2, 0) is 4.79 Å². The van der Waals surface area contributed by atoms with E-state index in [9.17, 15) is 4.79 Å². The zero-order valence-corrected chi connectivity index (χ0v) is 12.2. The fourth-order valence-corrected chi connectivity index (χ4v) is 2.03. The van der Waals surface area contributed by atoms with Gasteiger partial charge >= 0.3 is 0 Å². The lowest BCUT2D eigenvalue weighted by Gasteiger charge is -2.12. The van der Waals surface area contributed by atoms with Gasteiger partial charge in [-0.25, -0.2) is 0 Å². The van der Waals surface area contributed by atoms with Crippen molar-refractivity contribution >= 4 is 11.6 Å². The fourth-order valence-electron chi connectivity index (χ4n) is 2.03. The summed E-state index contributed by atoms with van der Waals surface area (Å²) in [6, 6.07) is 0.305. The zero-order chi connectivity index (χ0) is 14.3. The van der Waals surface area contributed by atoms with Crippen molar-refractivity contribution in [1.29, 1.82) is 0 Å². The third kappa shape index (κ3) is 5.42. The van der Waals surface area contributed by atoms with Gasteiger partial charge in [-0.1, -0.05) is 13.3 Å². The molecule has 5 heteroatoms. The molecule has 0 aliphatic heterocycles. The van der Waals surface area contributed by atoms with Crippen LogP contribution in [0.4, 0.5) is 5.69 Å². The summed E-state index contributed by atoms with van der Waals surface area (Å²) in [5.41, 5.74) is 6.32. The van der Waals surface area contributed by atoms with Crippen LogP contribution in [0.25, 0.3) is 0 Å². The van der Waals surface area contributed by atoms with Crippen molar-refractivity contribution < 1.29 is 4.79 Å². The number of aromatic nitrogens is 2. The van der Waals surface area contributed by atoms with Crippen LogP contribution >= 0.6 is 0 Å². The Kier molecular flexibility index (Phi) is 6.56. The van der Waals surface area contributed by atoms with Gasteiger partial charge in [-0.05, 0) is 39.2 Å². The lowest BCUT2D eigenvalue weighted by Crippen LogP contribution is -2.14. The number of hydrogen-bond donors (Lipinski definition) is 2. The molecule has 0 saturated heterocycles. The van der Waals surface area contributed by atoms with Crippen molar-refractivity contribution in [3.05, 3.63) is 12.4 Å². The highest BCUT2D eigenvalue weighted by molar-refractivity contribution is 5.90. The van der Waals surface area contributed by atoms with Gasteiger partial charge in [0.1, 0.15) is 0 Å². The third-order valence-electron chi connectivity index (χ3n) is 3.35. The van der Waals surface area contributed by atoms with E-state index in [1.165, 1.54) is 0 Å². The molecule has 108 valence electrons. The summed E-state index contributed by atoms with van der Waals surface area (Å²) in [5.74, 6) is 0.605. The standard InChI is InChI=1S/C14H26N4O/c1-4-12(7-8-15)5-6-14(19)17-13-9-16-18(10-13)11(2)3/h9-12H,4-8,15H2,1-3H3,(H,17,19). The number of anilines is 1. The third-order valence-corrected chi connectivity index (χ3v) is 3.35. The average Bonchev–Trinajstić information content (AvgIpc) is 2.83. The highest BCUT2D eigenvalue weighted by Gasteiger charge is 2.10. The number of carbonyl (C=O) groups excluding carboxylic acids is 1. The Morgan fingerprint density at radius 1 is 1.47 bits per heavy atom. The molecule has 1 atom stereocenters. The summed E-state index contributed by atoms with van der Waals surface area (Å²) >= 11 is 0. The second-order valence-electron chi connectivity index (χ2n) is 5.24. The first-order valence-electron chi connectivity index (χ1n) is 7.10. The molecule has 0 fully saturated rings. The van der Waals surface area contributed by atoms with Crippen LogP contribution in [0, 0.1) is 5.92 Å². The van der Waals surface area contributed by atoms with E-state index in [4.69, 9.17) is 5.73 Å². The Hall–Kier alpha value is -1.36. The van der Waals surface area contributed by atoms with E-state index >= 15 is 0 Å². The van der Waals surface area contributed by atoms with Crippen molar-refractivity contribution in [3.63, 3.8) is 0 Å². The van der Waals surface area contributed by atoms with E-state index in [0.717, 1.165) is 24.9 Å². The fraction of sp³-hybridized carbons (Fsp3) is 0.714. The Morgan fingerprint density at radius 3 is 2.74 bits per heavy atom. The van der Waals surface area contributed by atoms with Crippen LogP contribution < -0.4 is 11.1 Å². The molecule has 1 unspecified atom stereocenters. The van der Waals surface area contributed by atoms with Gasteiger partial charge in [0.2, 0.25) is 5.91 Å². The van der Waals surface area contributed by atoms with E-state index in [1.54, 1.807) is 6.20 Å². The summed E-state index contributed by atoms with van der Waals surface area (Å²) in [7, 11) is 0. The van der Waals surface area contributed by atoms with Crippen LogP contribution in [-0.4, -0.2) is 22.2 Å². The van der Waals surface area contributed by atoms with Crippen LogP contribution in [0.15, 0.2) is 12.4 Å². The van der Waals surface area contributed by atoms with Crippen molar-refractivity contribution in [2.45, 2.75) is 52.5 Å². The van der Waals surface area contributed by atoms with Crippen molar-refractivity contribution in [3.8, 4) is 0 Å². The predicted molar refractivity (Wildman–Crippen MR) is 77.9 cm³/mol. The molecule has 3 N–H and O–H groups in total. The molecule has 0 radical (unpaired) electrons. The van der Waals surface area contributed by atoms with E-state index < -0.39 is 0 Å². The van der Waals surface area contributed by atoms with Gasteiger partial charge < -0.3 is 11.1 Å². The summed E-state index contributed by atoms with van der Waals surface area (Å²) in [5, 5.41) is 7.08. The smallest absolute Gasteiger partial charge is 0.224 e. The number of hydrogen-bond acceptors (Lipinski definition) is 3. The van der Waals surface area contributed by atoms with Gasteiger partial charge in [-0.2, -0.15) is 5.10 Å². The van der Waals surface area contributed by atoms with Gasteiger partial charge in [-0.3, -0.25) is 9.48 Å². The highest BCUT2D eigenvalue weighted by Crippen LogP contribution is 2.16. The minimum atomic E-state index is 0.0544. The van der Waals surface area contributed by atoms with E-state index in [0.29, 0.717) is 24.9 Å². The molecule has 1 aromatic heterocycles. The van der Waals surface area contributed by atoms with Crippen LogP contribution in [0.1, 0.15) is 52.5 Å². The van der Waals surface area contributed by atoms with Crippen LogP contribution in [0.2, 0.25) is 0 Å². The molecule has 5 nitrogen and oxygen atoms in total. The van der Waals surface area contributed by atoms with Crippen LogP contribution in [0.3, 0.4) is 0 Å². The first kappa shape index (κ1) is 15.7. The first-order valence-corrected chi connectivity index (χ1v) is 7.10. The van der Waals surface area contributed by atoms with Crippen molar-refractivity contribution in [2.75, 3.05) is 11.9 Å². The maximum absolute atomic E-state index is 11.8. The number of nitrogens with two attached hydrogens (primary N) is 1. The topological polar surface area (TPSA) is 72.9 Å². The maximum atomic E-state index is 11.8. The largest absolute Gasteiger partial charge is 0.330 e. The van der Waals surface area contributed by atoms with Crippen molar-refractivity contribution in [1.82, 2.24) is 9.78 Å². The van der Waals surface area contributed by atoms with Gasteiger partial charge in [0, 0.05) is 18.7 Å². The molecule has 1 amide bonds. The molecule has 19 heavy (non-hydrogen) atoms. The lowest BCUT2D eigenvalue weighted by atomic mass is 9.96. The molecule has 1 heterocycles. The summed E-state index contributed by atoms with van der Waals surface area (Å²) < 4.78 is 1.83. The molecule has 0 saturated carbocycles. The quantitative estimate of drug-likeness (QED) is 0.759. The molecule has 0 aliphatic carbocycles. The molecule has 1 aromatic rings. The predicted octanol–water partition coefficient (Wildman–Crippen LogP) is 2.56. The Morgan fingerprint density at radius 2 is 2.21 bits per heavy atom. The second kappa shape index (κ2) is 7.94. The Labute approximate surface area is 115 Å². The molecule has 0 aliphatic rings. The number of amides is 1. The van der Waals surface area contributed by atoms with Gasteiger partial charge in [0.15, 0.2) is 0 Å². The van der Waals surface area contributed by atoms with E-state index in [-0.39, 0.29) is 5.91 Å². The normalized spacial score (nSPS) is 12.7. The lowest BCUT2D eigenvalue weighted by molar-refractivity contribution is -0.116. The van der Waals surface area contributed by atoms with Crippen molar-refractivity contribution in [2.24, 2.45) is 11.7 Å². The molecule has 0 bridgehead atoms. The first-order chi connectivity index (χ1) is 9.06. The summed E-state index contributed by atoms with van der Waals surface area (Å²) in [6.07, 6.45) is 7.07. The maximum Gasteiger partial charge on any atom is 0.224 e. The van der Waals surface area contributed by atoms with Gasteiger partial charge in [0.05, 0.1) is 11.9 Å². The van der Waals surface area contributed by atoms with E-state index in [1.807, 2.05) is 10.9 Å². The Bertz CT molecular complexity index is 387. The number of carbonyl (C=O) groups is 1. The summed E-state index contributed by atoms with van der Waals surface area (Å²) in [6.45, 7) is 6.95. The minimum absolute atomic E-state index is 0.0544. The molecule has 0 spiro atoms. The minimum Gasteiger partial charge on any atom is -0.330 e. The monoisotopic (exact) mass is 266 g/mol. The molecule has 0 aromatic carbocycles. The average molecular weight is 266 g/mol. The molecule has 1 rings (SSSR count). The number of nitrogens with one attached hydrogen (secondary N) is 1. The zero-order valence-electron chi connectivity index (χ0n) is 12.2.